The molecular weight excluding hydrogens is 314 g/mol. The van der Waals surface area contributed by atoms with Gasteiger partial charge in [0.1, 0.15) is 5.15 Å². The molecule has 3 nitrogen and oxygen atoms in total. The number of rotatable bonds is 2. The molecule has 0 radical (unpaired) electrons. The minimum absolute atomic E-state index is 0.398. The predicted molar refractivity (Wildman–Crippen MR) is 78.7 cm³/mol. The van der Waals surface area contributed by atoms with Crippen LogP contribution < -0.4 is 5.32 Å². The molecule has 0 atom stereocenters. The molecule has 0 fully saturated rings. The maximum atomic E-state index is 5.95. The van der Waals surface area contributed by atoms with E-state index in [9.17, 15) is 0 Å². The van der Waals surface area contributed by atoms with Gasteiger partial charge in [0.05, 0.1) is 4.47 Å². The summed E-state index contributed by atoms with van der Waals surface area (Å²) in [5.74, 6) is 0.498. The summed E-state index contributed by atoms with van der Waals surface area (Å²) in [7, 11) is 0. The van der Waals surface area contributed by atoms with E-state index in [0.717, 1.165) is 16.8 Å². The highest BCUT2D eigenvalue weighted by Crippen LogP contribution is 2.26. The van der Waals surface area contributed by atoms with Crippen molar-refractivity contribution in [3.63, 3.8) is 0 Å². The van der Waals surface area contributed by atoms with Crippen molar-refractivity contribution in [3.05, 3.63) is 44.6 Å². The number of halogens is 2. The Balaban J connectivity index is 2.37. The largest absolute Gasteiger partial charge is 0.324 e. The third-order valence-corrected chi connectivity index (χ3v) is 3.71. The minimum atomic E-state index is 0.398. The maximum Gasteiger partial charge on any atom is 0.228 e. The monoisotopic (exact) mass is 325 g/mol. The number of anilines is 2. The van der Waals surface area contributed by atoms with E-state index < -0.39 is 0 Å². The first kappa shape index (κ1) is 13.3. The van der Waals surface area contributed by atoms with E-state index in [2.05, 4.69) is 64.1 Å². The fourth-order valence-corrected chi connectivity index (χ4v) is 2.22. The summed E-state index contributed by atoms with van der Waals surface area (Å²) in [5.41, 5.74) is 4.59. The first-order valence-corrected chi connectivity index (χ1v) is 6.67. The molecule has 1 heterocycles. The molecule has 0 spiro atoms. The van der Waals surface area contributed by atoms with Crippen molar-refractivity contribution in [1.82, 2.24) is 9.97 Å². The number of aryl methyl sites for hydroxylation is 3. The lowest BCUT2D eigenvalue weighted by atomic mass is 10.1. The number of nitrogens with zero attached hydrogens (tertiary/aromatic N) is 2. The van der Waals surface area contributed by atoms with E-state index in [1.165, 1.54) is 5.56 Å². The molecule has 0 aliphatic carbocycles. The van der Waals surface area contributed by atoms with Crippen molar-refractivity contribution < 1.29 is 0 Å². The average Bonchev–Trinajstić information content (AvgIpc) is 2.28. The second kappa shape index (κ2) is 5.24. The van der Waals surface area contributed by atoms with Gasteiger partial charge in [-0.15, -0.1) is 0 Å². The molecule has 0 saturated carbocycles. The van der Waals surface area contributed by atoms with Crippen molar-refractivity contribution >= 4 is 39.2 Å². The Morgan fingerprint density at radius 2 is 1.78 bits per heavy atom. The fraction of sp³-hybridized carbons (Fsp3) is 0.231. The molecule has 0 unspecified atom stereocenters. The average molecular weight is 327 g/mol. The molecule has 2 aromatic rings. The highest BCUT2D eigenvalue weighted by Gasteiger charge is 2.07. The van der Waals surface area contributed by atoms with Crippen LogP contribution in [0.2, 0.25) is 5.15 Å². The lowest BCUT2D eigenvalue weighted by Gasteiger charge is -2.12. The molecule has 1 aromatic carbocycles. The Morgan fingerprint density at radius 1 is 1.17 bits per heavy atom. The first-order chi connectivity index (χ1) is 8.47. The quantitative estimate of drug-likeness (QED) is 0.822. The Kier molecular flexibility index (Phi) is 3.88. The normalized spacial score (nSPS) is 10.5. The molecule has 94 valence electrons. The van der Waals surface area contributed by atoms with E-state index in [1.54, 1.807) is 6.20 Å². The van der Waals surface area contributed by atoms with Crippen LogP contribution in [0.5, 0.6) is 0 Å². The highest BCUT2D eigenvalue weighted by molar-refractivity contribution is 9.10. The van der Waals surface area contributed by atoms with Crippen LogP contribution in [0, 0.1) is 20.8 Å². The van der Waals surface area contributed by atoms with E-state index in [-0.39, 0.29) is 0 Å². The minimum Gasteiger partial charge on any atom is -0.324 e. The van der Waals surface area contributed by atoms with Crippen molar-refractivity contribution in [2.45, 2.75) is 20.8 Å². The summed E-state index contributed by atoms with van der Waals surface area (Å²) < 4.78 is 0.687. The molecule has 0 aliphatic rings. The van der Waals surface area contributed by atoms with Crippen molar-refractivity contribution in [1.29, 1.82) is 0 Å². The lowest BCUT2D eigenvalue weighted by Crippen LogP contribution is -2.01. The van der Waals surface area contributed by atoms with Crippen LogP contribution in [0.1, 0.15) is 16.7 Å². The van der Waals surface area contributed by atoms with Gasteiger partial charge in [0, 0.05) is 11.9 Å². The Bertz CT molecular complexity index is 576. The zero-order valence-corrected chi connectivity index (χ0v) is 12.7. The number of benzene rings is 1. The fourth-order valence-electron chi connectivity index (χ4n) is 1.90. The Morgan fingerprint density at radius 3 is 2.33 bits per heavy atom. The van der Waals surface area contributed by atoms with Crippen LogP contribution >= 0.6 is 27.5 Å². The van der Waals surface area contributed by atoms with Gasteiger partial charge in [-0.1, -0.05) is 29.3 Å². The lowest BCUT2D eigenvalue weighted by molar-refractivity contribution is 1.14. The number of hydrogen-bond acceptors (Lipinski definition) is 3. The smallest absolute Gasteiger partial charge is 0.228 e. The molecule has 18 heavy (non-hydrogen) atoms. The second-order valence-electron chi connectivity index (χ2n) is 4.23. The van der Waals surface area contributed by atoms with Gasteiger partial charge >= 0.3 is 0 Å². The van der Waals surface area contributed by atoms with Gasteiger partial charge in [-0.3, -0.25) is 0 Å². The van der Waals surface area contributed by atoms with Gasteiger partial charge in [0.2, 0.25) is 5.95 Å². The van der Waals surface area contributed by atoms with Crippen molar-refractivity contribution in [2.24, 2.45) is 0 Å². The molecule has 1 N–H and O–H groups in total. The van der Waals surface area contributed by atoms with Crippen LogP contribution in [-0.2, 0) is 0 Å². The molecule has 2 rings (SSSR count). The highest BCUT2D eigenvalue weighted by atomic mass is 79.9. The predicted octanol–water partition coefficient (Wildman–Crippen LogP) is 4.56. The van der Waals surface area contributed by atoms with Crippen LogP contribution in [0.4, 0.5) is 11.6 Å². The number of nitrogens with one attached hydrogen (secondary N) is 1. The summed E-state index contributed by atoms with van der Waals surface area (Å²) in [6.45, 7) is 6.20. The summed E-state index contributed by atoms with van der Waals surface area (Å²) >= 11 is 9.22. The molecular formula is C13H13BrClN3. The third kappa shape index (κ3) is 2.82. The van der Waals surface area contributed by atoms with Gasteiger partial charge in [-0.25, -0.2) is 4.98 Å². The molecule has 0 aliphatic heterocycles. The zero-order chi connectivity index (χ0) is 13.3. The molecule has 5 heteroatoms. The summed E-state index contributed by atoms with van der Waals surface area (Å²) in [4.78, 5) is 8.35. The molecule has 0 amide bonds. The summed E-state index contributed by atoms with van der Waals surface area (Å²) in [6, 6.07) is 4.24. The van der Waals surface area contributed by atoms with E-state index in [0.29, 0.717) is 15.6 Å². The third-order valence-electron chi connectivity index (χ3n) is 2.62. The van der Waals surface area contributed by atoms with Crippen LogP contribution in [0.3, 0.4) is 0 Å². The second-order valence-corrected chi connectivity index (χ2v) is 5.44. The van der Waals surface area contributed by atoms with Gasteiger partial charge in [0.25, 0.3) is 0 Å². The Hall–Kier alpha value is -1.13. The zero-order valence-electron chi connectivity index (χ0n) is 10.4. The standard InChI is InChI=1S/C13H13BrClN3/c1-7-4-8(2)11(9(3)5-7)17-13-16-6-10(14)12(15)18-13/h4-6H,1-3H3,(H,16,17,18). The van der Waals surface area contributed by atoms with Gasteiger partial charge < -0.3 is 5.32 Å². The van der Waals surface area contributed by atoms with Gasteiger partial charge in [-0.2, -0.15) is 4.98 Å². The summed E-state index contributed by atoms with van der Waals surface area (Å²) in [6.07, 6.45) is 1.64. The van der Waals surface area contributed by atoms with E-state index in [4.69, 9.17) is 11.6 Å². The topological polar surface area (TPSA) is 37.8 Å². The number of aromatic nitrogens is 2. The molecule has 1 aromatic heterocycles. The van der Waals surface area contributed by atoms with Crippen LogP contribution in [0.15, 0.2) is 22.8 Å². The maximum absolute atomic E-state index is 5.95. The molecule has 0 saturated heterocycles. The van der Waals surface area contributed by atoms with Crippen molar-refractivity contribution in [3.8, 4) is 0 Å². The van der Waals surface area contributed by atoms with Gasteiger partial charge in [-0.05, 0) is 47.8 Å². The van der Waals surface area contributed by atoms with Gasteiger partial charge in [0.15, 0.2) is 0 Å². The summed E-state index contributed by atoms with van der Waals surface area (Å²) in [5, 5.41) is 3.61. The van der Waals surface area contributed by atoms with E-state index in [1.807, 2.05) is 0 Å². The van der Waals surface area contributed by atoms with Crippen molar-refractivity contribution in [2.75, 3.05) is 5.32 Å². The molecule has 0 bridgehead atoms. The SMILES string of the molecule is Cc1cc(C)c(Nc2ncc(Br)c(Cl)n2)c(C)c1. The van der Waals surface area contributed by atoms with E-state index >= 15 is 0 Å². The van der Waals surface area contributed by atoms with Crippen LogP contribution in [-0.4, -0.2) is 9.97 Å². The Labute approximate surface area is 120 Å². The number of hydrogen-bond donors (Lipinski definition) is 1. The first-order valence-electron chi connectivity index (χ1n) is 5.50. The van der Waals surface area contributed by atoms with Crippen LogP contribution in [0.25, 0.3) is 0 Å².